The van der Waals surface area contributed by atoms with Crippen molar-refractivity contribution >= 4 is 26.5 Å². The summed E-state index contributed by atoms with van der Waals surface area (Å²) < 4.78 is 30.8. The van der Waals surface area contributed by atoms with Crippen LogP contribution in [0.2, 0.25) is 0 Å². The van der Waals surface area contributed by atoms with Gasteiger partial charge < -0.3 is 9.64 Å². The van der Waals surface area contributed by atoms with Crippen molar-refractivity contribution in [1.29, 1.82) is 5.26 Å². The summed E-state index contributed by atoms with van der Waals surface area (Å²) in [5.41, 5.74) is 1.15. The number of hydrogen-bond acceptors (Lipinski definition) is 7. The highest BCUT2D eigenvalue weighted by molar-refractivity contribution is 8.08. The van der Waals surface area contributed by atoms with Crippen LogP contribution in [0.5, 0.6) is 0 Å². The summed E-state index contributed by atoms with van der Waals surface area (Å²) in [5, 5.41) is 13.7. The average Bonchev–Trinajstić information content (AvgIpc) is 2.57. The quantitative estimate of drug-likeness (QED) is 0.712. The van der Waals surface area contributed by atoms with Gasteiger partial charge in [0.25, 0.3) is 5.91 Å². The lowest BCUT2D eigenvalue weighted by Gasteiger charge is -2.30. The van der Waals surface area contributed by atoms with E-state index in [2.05, 4.69) is 5.10 Å². The van der Waals surface area contributed by atoms with Gasteiger partial charge in [-0.1, -0.05) is 6.07 Å². The molecule has 2 aliphatic heterocycles. The molecule has 1 fully saturated rings. The summed E-state index contributed by atoms with van der Waals surface area (Å²) in [6.07, 6.45) is 0. The number of benzene rings is 1. The van der Waals surface area contributed by atoms with Crippen LogP contribution in [0.15, 0.2) is 28.2 Å². The molecule has 9 heteroatoms. The molecule has 0 unspecified atom stereocenters. The van der Waals surface area contributed by atoms with Gasteiger partial charge in [0.2, 0.25) is 14.9 Å². The highest BCUT2D eigenvalue weighted by atomic mass is 32.2. The van der Waals surface area contributed by atoms with Crippen LogP contribution in [0.1, 0.15) is 5.56 Å². The minimum atomic E-state index is -4.03. The van der Waals surface area contributed by atoms with Gasteiger partial charge in [-0.05, 0) is 24.6 Å². The highest BCUT2D eigenvalue weighted by Crippen LogP contribution is 2.32. The fourth-order valence-corrected chi connectivity index (χ4v) is 4.08. The lowest BCUT2D eigenvalue weighted by molar-refractivity contribution is -0.127. The number of fused-ring (bicyclic) bond motifs is 1. The minimum absolute atomic E-state index is 0.00467. The predicted molar refractivity (Wildman–Crippen MR) is 86.2 cm³/mol. The molecule has 3 rings (SSSR count). The first-order valence-corrected chi connectivity index (χ1v) is 8.89. The number of hydrogen-bond donors (Lipinski definition) is 0. The van der Waals surface area contributed by atoms with Crippen LogP contribution in [-0.2, 0) is 19.4 Å². The number of nitrogens with zero attached hydrogens (tertiary/aromatic N) is 4. The van der Waals surface area contributed by atoms with Gasteiger partial charge in [-0.3, -0.25) is 4.79 Å². The van der Waals surface area contributed by atoms with E-state index in [0.717, 1.165) is 5.56 Å². The second kappa shape index (κ2) is 6.22. The van der Waals surface area contributed by atoms with Crippen molar-refractivity contribution in [3.8, 4) is 6.07 Å². The predicted octanol–water partition coefficient (Wildman–Crippen LogP) is 0.285. The van der Waals surface area contributed by atoms with E-state index < -0.39 is 20.8 Å². The number of hydrazone groups is 1. The van der Waals surface area contributed by atoms with Gasteiger partial charge in [0, 0.05) is 13.1 Å². The number of carbonyl (C=O) groups is 1. The van der Waals surface area contributed by atoms with Crippen LogP contribution in [0.4, 0.5) is 5.69 Å². The van der Waals surface area contributed by atoms with E-state index in [1.807, 2.05) is 13.0 Å². The molecule has 2 heterocycles. The van der Waals surface area contributed by atoms with Gasteiger partial charge in [0.05, 0.1) is 29.9 Å². The van der Waals surface area contributed by atoms with Crippen molar-refractivity contribution < 1.29 is 17.9 Å². The number of nitriles is 1. The first-order chi connectivity index (χ1) is 11.4. The van der Waals surface area contributed by atoms with Crippen LogP contribution in [0.25, 0.3) is 0 Å². The average molecular weight is 348 g/mol. The van der Waals surface area contributed by atoms with Crippen molar-refractivity contribution in [3.63, 3.8) is 0 Å². The Bertz CT molecular complexity index is 851. The Morgan fingerprint density at radius 3 is 2.75 bits per heavy atom. The normalized spacial score (nSPS) is 19.2. The summed E-state index contributed by atoms with van der Waals surface area (Å²) in [6.45, 7) is 3.01. The first-order valence-electron chi connectivity index (χ1n) is 7.41. The maximum atomic E-state index is 12.8. The second-order valence-corrected chi connectivity index (χ2v) is 7.33. The molecule has 0 spiro atoms. The maximum absolute atomic E-state index is 12.8. The van der Waals surface area contributed by atoms with Crippen LogP contribution in [0.3, 0.4) is 0 Å². The third-order valence-corrected chi connectivity index (χ3v) is 5.54. The van der Waals surface area contributed by atoms with E-state index in [4.69, 9.17) is 10.00 Å². The zero-order valence-electron chi connectivity index (χ0n) is 13.1. The van der Waals surface area contributed by atoms with Gasteiger partial charge >= 0.3 is 0 Å². The third kappa shape index (κ3) is 2.74. The van der Waals surface area contributed by atoms with Crippen molar-refractivity contribution in [1.82, 2.24) is 4.90 Å². The maximum Gasteiger partial charge on any atom is 0.286 e. The standard InChI is InChI=1S/C15H16N4O4S/c1-11-2-3-13-12(10-11)19(5-4-16)17-14(24(13,21)22)15(20)18-6-8-23-9-7-18/h2-3,10H,5-9H2,1H3. The monoisotopic (exact) mass is 348 g/mol. The number of amides is 1. The van der Waals surface area contributed by atoms with E-state index >= 15 is 0 Å². The summed E-state index contributed by atoms with van der Waals surface area (Å²) in [6, 6.07) is 6.69. The molecule has 0 saturated carbocycles. The summed E-state index contributed by atoms with van der Waals surface area (Å²) >= 11 is 0. The van der Waals surface area contributed by atoms with Crippen molar-refractivity contribution in [2.24, 2.45) is 5.10 Å². The van der Waals surface area contributed by atoms with Crippen LogP contribution in [0, 0.1) is 18.3 Å². The van der Waals surface area contributed by atoms with E-state index in [-0.39, 0.29) is 11.4 Å². The number of rotatable bonds is 2. The molecule has 0 bridgehead atoms. The van der Waals surface area contributed by atoms with Gasteiger partial charge in [-0.25, -0.2) is 13.4 Å². The lowest BCUT2D eigenvalue weighted by Crippen LogP contribution is -2.47. The second-order valence-electron chi connectivity index (χ2n) is 5.50. The summed E-state index contributed by atoms with van der Waals surface area (Å²) in [7, 11) is -4.03. The van der Waals surface area contributed by atoms with E-state index in [0.29, 0.717) is 32.0 Å². The number of carbonyl (C=O) groups excluding carboxylic acids is 1. The molecule has 0 aliphatic carbocycles. The molecule has 8 nitrogen and oxygen atoms in total. The highest BCUT2D eigenvalue weighted by Gasteiger charge is 2.39. The number of ether oxygens (including phenoxy) is 1. The first kappa shape index (κ1) is 16.4. The molecule has 1 aromatic carbocycles. The molecule has 1 aromatic rings. The zero-order valence-corrected chi connectivity index (χ0v) is 13.9. The Balaban J connectivity index is 2.08. The molecule has 0 radical (unpaired) electrons. The van der Waals surface area contributed by atoms with Crippen molar-refractivity contribution in [2.75, 3.05) is 37.9 Å². The van der Waals surface area contributed by atoms with E-state index in [9.17, 15) is 13.2 Å². The fourth-order valence-electron chi connectivity index (χ4n) is 2.62. The fraction of sp³-hybridized carbons (Fsp3) is 0.400. The molecule has 24 heavy (non-hydrogen) atoms. The topological polar surface area (TPSA) is 103 Å². The Labute approximate surface area is 139 Å². The largest absolute Gasteiger partial charge is 0.378 e. The molecular weight excluding hydrogens is 332 g/mol. The molecule has 1 saturated heterocycles. The molecule has 2 aliphatic rings. The number of aryl methyl sites for hydroxylation is 1. The summed E-state index contributed by atoms with van der Waals surface area (Å²) in [5.74, 6) is -0.660. The summed E-state index contributed by atoms with van der Waals surface area (Å²) in [4.78, 5) is 14.0. The Morgan fingerprint density at radius 2 is 2.08 bits per heavy atom. The Hall–Kier alpha value is -2.44. The van der Waals surface area contributed by atoms with Crippen LogP contribution in [-0.4, -0.2) is 57.1 Å². The third-order valence-electron chi connectivity index (χ3n) is 3.85. The Morgan fingerprint density at radius 1 is 1.38 bits per heavy atom. The van der Waals surface area contributed by atoms with Crippen LogP contribution < -0.4 is 5.01 Å². The van der Waals surface area contributed by atoms with Crippen molar-refractivity contribution in [3.05, 3.63) is 23.8 Å². The number of anilines is 1. The smallest absolute Gasteiger partial charge is 0.286 e. The molecular formula is C15H16N4O4S. The van der Waals surface area contributed by atoms with E-state index in [1.54, 1.807) is 12.1 Å². The minimum Gasteiger partial charge on any atom is -0.378 e. The van der Waals surface area contributed by atoms with Gasteiger partial charge in [0.1, 0.15) is 6.54 Å². The molecule has 0 atom stereocenters. The molecule has 0 aromatic heterocycles. The SMILES string of the molecule is Cc1ccc2c(c1)N(CC#N)N=C(C(=O)N1CCOCC1)S2(=O)=O. The lowest BCUT2D eigenvalue weighted by atomic mass is 10.2. The molecule has 126 valence electrons. The zero-order chi connectivity index (χ0) is 17.3. The van der Waals surface area contributed by atoms with Gasteiger partial charge in [-0.2, -0.15) is 10.4 Å². The van der Waals surface area contributed by atoms with Gasteiger partial charge in [-0.15, -0.1) is 0 Å². The van der Waals surface area contributed by atoms with Crippen LogP contribution >= 0.6 is 0 Å². The van der Waals surface area contributed by atoms with Crippen molar-refractivity contribution in [2.45, 2.75) is 11.8 Å². The Kier molecular flexibility index (Phi) is 4.26. The number of morpholine rings is 1. The number of sulfone groups is 1. The van der Waals surface area contributed by atoms with Gasteiger partial charge in [0.15, 0.2) is 0 Å². The van der Waals surface area contributed by atoms with E-state index in [1.165, 1.54) is 16.0 Å². The molecule has 0 N–H and O–H groups in total. The molecule has 1 amide bonds.